The zero-order valence-corrected chi connectivity index (χ0v) is 13.9. The van der Waals surface area contributed by atoms with E-state index in [1.807, 2.05) is 20.8 Å². The zero-order chi connectivity index (χ0) is 17.4. The van der Waals surface area contributed by atoms with Crippen molar-refractivity contribution in [3.63, 3.8) is 0 Å². The van der Waals surface area contributed by atoms with Crippen LogP contribution in [0.25, 0.3) is 0 Å². The van der Waals surface area contributed by atoms with Crippen LogP contribution in [0.2, 0.25) is 0 Å². The number of amides is 3. The van der Waals surface area contributed by atoms with Crippen LogP contribution < -0.4 is 10.6 Å². The van der Waals surface area contributed by atoms with Crippen LogP contribution in [0.15, 0.2) is 28.2 Å². The number of aryl methyl sites for hydroxylation is 1. The fraction of sp³-hybridized carbons (Fsp3) is 0.400. The summed E-state index contributed by atoms with van der Waals surface area (Å²) in [5.41, 5.74) is 0.994. The molecule has 2 N–H and O–H groups in total. The molecule has 3 amide bonds. The van der Waals surface area contributed by atoms with E-state index in [-0.39, 0.29) is 23.1 Å². The molecule has 2 rings (SSSR count). The lowest BCUT2D eigenvalue weighted by atomic mass is 10.1. The average molecular weight is 316 g/mol. The lowest BCUT2D eigenvalue weighted by Crippen LogP contribution is -2.43. The minimum Gasteiger partial charge on any atom is -0.333 e. The van der Waals surface area contributed by atoms with Gasteiger partial charge in [0.15, 0.2) is 0 Å². The third kappa shape index (κ3) is 3.91. The van der Waals surface area contributed by atoms with Gasteiger partial charge < -0.3 is 5.32 Å². The first kappa shape index (κ1) is 16.6. The summed E-state index contributed by atoms with van der Waals surface area (Å²) in [6, 6.07) is 1.29. The molecule has 0 radical (unpaired) electrons. The molecule has 0 saturated heterocycles. The number of nitrogens with one attached hydrogen (secondary N) is 2. The topological polar surface area (TPSA) is 101 Å². The molecule has 0 aromatic carbocycles. The Morgan fingerprint density at radius 1 is 1.26 bits per heavy atom. The number of urea groups is 1. The molecule has 0 spiro atoms. The first-order valence-electron chi connectivity index (χ1n) is 7.10. The van der Waals surface area contributed by atoms with Crippen molar-refractivity contribution in [2.24, 2.45) is 9.98 Å². The molecule has 2 heterocycles. The van der Waals surface area contributed by atoms with Gasteiger partial charge in [-0.15, -0.1) is 0 Å². The molecule has 0 fully saturated rings. The van der Waals surface area contributed by atoms with Gasteiger partial charge in [-0.1, -0.05) is 6.58 Å². The van der Waals surface area contributed by atoms with Gasteiger partial charge in [0.25, 0.3) is 11.9 Å². The molecule has 1 aromatic rings. The molecule has 8 nitrogen and oxygen atoms in total. The molecular weight excluding hydrogens is 296 g/mol. The number of carbonyl (C=O) groups is 2. The fourth-order valence-corrected chi connectivity index (χ4v) is 1.88. The second-order valence-corrected chi connectivity index (χ2v) is 6.30. The van der Waals surface area contributed by atoms with E-state index in [2.05, 4.69) is 32.3 Å². The van der Waals surface area contributed by atoms with Gasteiger partial charge in [-0.2, -0.15) is 14.8 Å². The van der Waals surface area contributed by atoms with Crippen molar-refractivity contribution in [3.05, 3.63) is 23.9 Å². The van der Waals surface area contributed by atoms with E-state index in [1.165, 1.54) is 4.68 Å². The van der Waals surface area contributed by atoms with Crippen LogP contribution in [0.3, 0.4) is 0 Å². The van der Waals surface area contributed by atoms with Crippen molar-refractivity contribution >= 4 is 29.4 Å². The van der Waals surface area contributed by atoms with Gasteiger partial charge in [0, 0.05) is 11.6 Å². The highest BCUT2D eigenvalue weighted by Crippen LogP contribution is 2.15. The second-order valence-electron chi connectivity index (χ2n) is 6.30. The number of aliphatic imine (C=N–C) groups is 2. The summed E-state index contributed by atoms with van der Waals surface area (Å²) >= 11 is 0. The summed E-state index contributed by atoms with van der Waals surface area (Å²) in [6.07, 6.45) is 0. The number of anilines is 1. The van der Waals surface area contributed by atoms with Gasteiger partial charge in [0.2, 0.25) is 0 Å². The number of nitrogens with zero attached hydrogens (tertiary/aromatic N) is 4. The molecule has 1 aliphatic heterocycles. The molecule has 0 atom stereocenters. The van der Waals surface area contributed by atoms with Crippen LogP contribution in [0.1, 0.15) is 33.4 Å². The molecule has 0 unspecified atom stereocenters. The quantitative estimate of drug-likeness (QED) is 0.773. The van der Waals surface area contributed by atoms with Crippen molar-refractivity contribution in [3.8, 4) is 0 Å². The first-order chi connectivity index (χ1) is 10.6. The lowest BCUT2D eigenvalue weighted by molar-refractivity contribution is -0.113. The van der Waals surface area contributed by atoms with Crippen LogP contribution in [0.4, 0.5) is 10.6 Å². The number of rotatable bonds is 1. The van der Waals surface area contributed by atoms with Crippen molar-refractivity contribution in [1.82, 2.24) is 15.1 Å². The normalized spacial score (nSPS) is 15.2. The summed E-state index contributed by atoms with van der Waals surface area (Å²) in [5, 5.41) is 9.71. The van der Waals surface area contributed by atoms with Gasteiger partial charge in [0.1, 0.15) is 5.82 Å². The van der Waals surface area contributed by atoms with Gasteiger partial charge in [0.05, 0.1) is 17.0 Å². The summed E-state index contributed by atoms with van der Waals surface area (Å²) in [6.45, 7) is 12.7. The standard InChI is InChI=1S/C15H20N6O2/c1-8-7-11(17-14(23)19-15(4,5)6)21(20-8)13-16-10(3)9(2)12(22)18-13/h7H,2H2,1,3-6H3,(H2,17,19,23). The Morgan fingerprint density at radius 3 is 2.48 bits per heavy atom. The van der Waals surface area contributed by atoms with E-state index in [9.17, 15) is 9.59 Å². The Balaban J connectivity index is 2.32. The van der Waals surface area contributed by atoms with Crippen LogP contribution >= 0.6 is 0 Å². The van der Waals surface area contributed by atoms with E-state index in [0.717, 1.165) is 0 Å². The van der Waals surface area contributed by atoms with E-state index in [4.69, 9.17) is 0 Å². The first-order valence-corrected chi connectivity index (χ1v) is 7.10. The smallest absolute Gasteiger partial charge is 0.320 e. The van der Waals surface area contributed by atoms with Crippen LogP contribution in [0, 0.1) is 6.92 Å². The Kier molecular flexibility index (Phi) is 4.18. The molecule has 1 aliphatic rings. The van der Waals surface area contributed by atoms with Crippen molar-refractivity contribution < 1.29 is 9.59 Å². The number of carbonyl (C=O) groups excluding carboxylic acids is 2. The molecule has 8 heteroatoms. The zero-order valence-electron chi connectivity index (χ0n) is 13.9. The Hall–Kier alpha value is -2.77. The third-order valence-electron chi connectivity index (χ3n) is 2.92. The molecule has 0 saturated carbocycles. The summed E-state index contributed by atoms with van der Waals surface area (Å²) in [4.78, 5) is 31.9. The molecule has 122 valence electrons. The average Bonchev–Trinajstić information content (AvgIpc) is 2.73. The maximum atomic E-state index is 12.0. The minimum atomic E-state index is -0.467. The van der Waals surface area contributed by atoms with E-state index in [0.29, 0.717) is 17.2 Å². The highest BCUT2D eigenvalue weighted by Gasteiger charge is 2.22. The maximum Gasteiger partial charge on any atom is 0.320 e. The van der Waals surface area contributed by atoms with Gasteiger partial charge in [-0.25, -0.2) is 9.79 Å². The largest absolute Gasteiger partial charge is 0.333 e. The van der Waals surface area contributed by atoms with Crippen molar-refractivity contribution in [2.45, 2.75) is 40.2 Å². The van der Waals surface area contributed by atoms with Crippen molar-refractivity contribution in [1.29, 1.82) is 0 Å². The fourth-order valence-electron chi connectivity index (χ4n) is 1.88. The molecule has 23 heavy (non-hydrogen) atoms. The minimum absolute atomic E-state index is 0.0964. The molecule has 0 bridgehead atoms. The van der Waals surface area contributed by atoms with E-state index in [1.54, 1.807) is 19.9 Å². The van der Waals surface area contributed by atoms with Crippen molar-refractivity contribution in [2.75, 3.05) is 5.32 Å². The van der Waals surface area contributed by atoms with Gasteiger partial charge in [-0.3, -0.25) is 10.1 Å². The Bertz CT molecular complexity index is 749. The summed E-state index contributed by atoms with van der Waals surface area (Å²) < 4.78 is 1.32. The highest BCUT2D eigenvalue weighted by molar-refractivity contribution is 6.27. The SMILES string of the molecule is C=C1C(=O)N=C(n2nc(C)cc2NC(=O)NC(C)(C)C)N=C1C. The monoisotopic (exact) mass is 316 g/mol. The van der Waals surface area contributed by atoms with Crippen LogP contribution in [-0.4, -0.2) is 38.9 Å². The Labute approximate surface area is 134 Å². The summed E-state index contributed by atoms with van der Waals surface area (Å²) in [5.74, 6) is 0.00432. The third-order valence-corrected chi connectivity index (χ3v) is 2.92. The number of hydrogen-bond acceptors (Lipinski definition) is 4. The lowest BCUT2D eigenvalue weighted by Gasteiger charge is -2.21. The number of aromatic nitrogens is 2. The molecular formula is C15H20N6O2. The van der Waals surface area contributed by atoms with E-state index >= 15 is 0 Å². The van der Waals surface area contributed by atoms with Gasteiger partial charge >= 0.3 is 6.03 Å². The second kappa shape index (κ2) is 5.79. The van der Waals surface area contributed by atoms with Crippen LogP contribution in [-0.2, 0) is 4.79 Å². The predicted octanol–water partition coefficient (Wildman–Crippen LogP) is 1.87. The maximum absolute atomic E-state index is 12.0. The molecule has 0 aliphatic carbocycles. The van der Waals surface area contributed by atoms with E-state index < -0.39 is 5.91 Å². The number of hydrogen-bond donors (Lipinski definition) is 2. The summed E-state index contributed by atoms with van der Waals surface area (Å²) in [7, 11) is 0. The molecule has 1 aromatic heterocycles. The van der Waals surface area contributed by atoms with Crippen LogP contribution in [0.5, 0.6) is 0 Å². The Morgan fingerprint density at radius 2 is 1.91 bits per heavy atom. The predicted molar refractivity (Wildman–Crippen MR) is 89.0 cm³/mol. The highest BCUT2D eigenvalue weighted by atomic mass is 16.2. The van der Waals surface area contributed by atoms with Gasteiger partial charge in [-0.05, 0) is 34.6 Å².